The molecule has 1 aromatic carbocycles. The molecule has 1 aliphatic heterocycles. The number of nitrogens with one attached hydrogen (secondary N) is 1. The second-order valence-corrected chi connectivity index (χ2v) is 9.75. The first-order valence-electron chi connectivity index (χ1n) is 11.1. The Kier molecular flexibility index (Phi) is 6.46. The summed E-state index contributed by atoms with van der Waals surface area (Å²) in [6.45, 7) is 5.05. The molecule has 3 aromatic heterocycles. The molecular formula is C25H24N4O3S2. The van der Waals surface area contributed by atoms with Crippen LogP contribution in [0.25, 0.3) is 16.3 Å². The second-order valence-electron chi connectivity index (χ2n) is 7.77. The smallest absolute Gasteiger partial charge is 0.322 e. The number of nitrogens with zero attached hydrogens (tertiary/aromatic N) is 3. The lowest BCUT2D eigenvalue weighted by molar-refractivity contribution is 0.205. The SMILES string of the molecule is CCOc1ccc(C2NC(=O)N(CCc3cccs3)C(C)=C2c2nc(-c3cccs3)no2)cc1. The van der Waals surface area contributed by atoms with E-state index >= 15 is 0 Å². The number of hydrogen-bond acceptors (Lipinski definition) is 7. The average Bonchev–Trinajstić information content (AvgIpc) is 3.62. The maximum Gasteiger partial charge on any atom is 0.322 e. The van der Waals surface area contributed by atoms with Gasteiger partial charge in [-0.25, -0.2) is 4.79 Å². The molecule has 4 heterocycles. The van der Waals surface area contributed by atoms with Crippen LogP contribution in [-0.2, 0) is 6.42 Å². The van der Waals surface area contributed by atoms with Crippen LogP contribution in [0.5, 0.6) is 5.75 Å². The van der Waals surface area contributed by atoms with E-state index in [9.17, 15) is 4.79 Å². The monoisotopic (exact) mass is 492 g/mol. The standard InChI is InChI=1S/C25H24N4O3S2/c1-3-31-18-10-8-17(9-11-18)22-21(24-27-23(28-32-24)20-7-5-15-34-20)16(2)29(25(30)26-22)13-12-19-6-4-14-33-19/h4-11,14-15,22H,3,12-13H2,1-2H3,(H,26,30). The third-order valence-electron chi connectivity index (χ3n) is 5.68. The number of rotatable bonds is 8. The van der Waals surface area contributed by atoms with E-state index < -0.39 is 6.04 Å². The van der Waals surface area contributed by atoms with Gasteiger partial charge < -0.3 is 14.6 Å². The van der Waals surface area contributed by atoms with E-state index in [0.717, 1.165) is 33.9 Å². The lowest BCUT2D eigenvalue weighted by Crippen LogP contribution is -2.46. The summed E-state index contributed by atoms with van der Waals surface area (Å²) >= 11 is 3.24. The van der Waals surface area contributed by atoms with Crippen LogP contribution < -0.4 is 10.1 Å². The summed E-state index contributed by atoms with van der Waals surface area (Å²) in [6, 6.07) is 15.2. The summed E-state index contributed by atoms with van der Waals surface area (Å²) in [7, 11) is 0. The van der Waals surface area contributed by atoms with E-state index in [0.29, 0.717) is 24.9 Å². The minimum atomic E-state index is -0.419. The summed E-state index contributed by atoms with van der Waals surface area (Å²) in [5.41, 5.74) is 2.52. The Morgan fingerprint density at radius 3 is 2.62 bits per heavy atom. The molecule has 0 saturated heterocycles. The molecular weight excluding hydrogens is 468 g/mol. The summed E-state index contributed by atoms with van der Waals surface area (Å²) in [5.74, 6) is 1.73. The van der Waals surface area contributed by atoms with Gasteiger partial charge in [0.2, 0.25) is 5.82 Å². The molecule has 174 valence electrons. The fourth-order valence-electron chi connectivity index (χ4n) is 4.02. The number of ether oxygens (including phenoxy) is 1. The Balaban J connectivity index is 1.53. The number of thiophene rings is 2. The number of amides is 2. The molecule has 7 nitrogen and oxygen atoms in total. The van der Waals surface area contributed by atoms with Gasteiger partial charge in [0.05, 0.1) is 23.1 Å². The normalized spacial score (nSPS) is 16.1. The molecule has 0 bridgehead atoms. The van der Waals surface area contributed by atoms with E-state index in [1.807, 2.05) is 67.1 Å². The zero-order valence-electron chi connectivity index (χ0n) is 18.9. The van der Waals surface area contributed by atoms with Gasteiger partial charge in [-0.2, -0.15) is 4.98 Å². The van der Waals surface area contributed by atoms with Crippen LogP contribution >= 0.6 is 22.7 Å². The van der Waals surface area contributed by atoms with Crippen LogP contribution in [0.4, 0.5) is 4.79 Å². The minimum absolute atomic E-state index is 0.144. The van der Waals surface area contributed by atoms with Crippen molar-refractivity contribution in [2.75, 3.05) is 13.2 Å². The lowest BCUT2D eigenvalue weighted by Gasteiger charge is -2.35. The summed E-state index contributed by atoms with van der Waals surface area (Å²) in [6.07, 6.45) is 0.772. The zero-order chi connectivity index (χ0) is 23.5. The van der Waals surface area contributed by atoms with Crippen LogP contribution in [0, 0.1) is 0 Å². The number of urea groups is 1. The molecule has 0 aliphatic carbocycles. The van der Waals surface area contributed by atoms with Gasteiger partial charge in [-0.15, -0.1) is 22.7 Å². The maximum absolute atomic E-state index is 13.2. The predicted octanol–water partition coefficient (Wildman–Crippen LogP) is 6.00. The largest absolute Gasteiger partial charge is 0.494 e. The maximum atomic E-state index is 13.2. The van der Waals surface area contributed by atoms with Gasteiger partial charge in [0.1, 0.15) is 5.75 Å². The number of carbonyl (C=O) groups excluding carboxylic acids is 1. The minimum Gasteiger partial charge on any atom is -0.494 e. The fraction of sp³-hybridized carbons (Fsp3) is 0.240. The number of hydrogen-bond donors (Lipinski definition) is 1. The number of benzene rings is 1. The molecule has 0 fully saturated rings. The van der Waals surface area contributed by atoms with Crippen molar-refractivity contribution in [3.63, 3.8) is 0 Å². The number of carbonyl (C=O) groups is 1. The quantitative estimate of drug-likeness (QED) is 0.326. The molecule has 0 radical (unpaired) electrons. The highest BCUT2D eigenvalue weighted by atomic mass is 32.1. The van der Waals surface area contributed by atoms with Crippen LogP contribution in [-0.4, -0.2) is 34.2 Å². The average molecular weight is 493 g/mol. The molecule has 1 unspecified atom stereocenters. The van der Waals surface area contributed by atoms with Crippen molar-refractivity contribution < 1.29 is 14.1 Å². The summed E-state index contributed by atoms with van der Waals surface area (Å²) in [5, 5.41) is 11.4. The molecule has 4 aromatic rings. The van der Waals surface area contributed by atoms with E-state index in [4.69, 9.17) is 14.2 Å². The molecule has 9 heteroatoms. The lowest BCUT2D eigenvalue weighted by atomic mass is 9.94. The van der Waals surface area contributed by atoms with Crippen molar-refractivity contribution in [2.45, 2.75) is 26.3 Å². The van der Waals surface area contributed by atoms with Crippen LogP contribution in [0.1, 0.15) is 36.2 Å². The van der Waals surface area contributed by atoms with Crippen molar-refractivity contribution >= 4 is 34.3 Å². The van der Waals surface area contributed by atoms with Gasteiger partial charge in [-0.05, 0) is 60.9 Å². The van der Waals surface area contributed by atoms with E-state index in [1.165, 1.54) is 4.88 Å². The first-order chi connectivity index (χ1) is 16.6. The molecule has 34 heavy (non-hydrogen) atoms. The van der Waals surface area contributed by atoms with Gasteiger partial charge in [-0.1, -0.05) is 29.4 Å². The van der Waals surface area contributed by atoms with Crippen molar-refractivity contribution in [3.05, 3.63) is 81.3 Å². The van der Waals surface area contributed by atoms with Gasteiger partial charge in [0.15, 0.2) is 0 Å². The Labute approximate surface area is 205 Å². The van der Waals surface area contributed by atoms with Crippen molar-refractivity contribution in [1.82, 2.24) is 20.4 Å². The van der Waals surface area contributed by atoms with Crippen molar-refractivity contribution in [3.8, 4) is 16.5 Å². The van der Waals surface area contributed by atoms with Gasteiger partial charge in [0, 0.05) is 17.1 Å². The molecule has 0 saturated carbocycles. The molecule has 1 N–H and O–H groups in total. The van der Waals surface area contributed by atoms with Gasteiger partial charge in [-0.3, -0.25) is 4.90 Å². The summed E-state index contributed by atoms with van der Waals surface area (Å²) in [4.78, 5) is 21.8. The third kappa shape index (κ3) is 4.49. The highest BCUT2D eigenvalue weighted by Gasteiger charge is 2.35. The van der Waals surface area contributed by atoms with E-state index in [1.54, 1.807) is 27.6 Å². The second kappa shape index (κ2) is 9.82. The van der Waals surface area contributed by atoms with E-state index in [2.05, 4.69) is 16.5 Å². The number of aromatic nitrogens is 2. The third-order valence-corrected chi connectivity index (χ3v) is 7.48. The predicted molar refractivity (Wildman–Crippen MR) is 134 cm³/mol. The molecule has 1 atom stereocenters. The zero-order valence-corrected chi connectivity index (χ0v) is 20.5. The van der Waals surface area contributed by atoms with E-state index in [-0.39, 0.29) is 6.03 Å². The number of allylic oxidation sites excluding steroid dienone is 1. The molecule has 5 rings (SSSR count). The van der Waals surface area contributed by atoms with Gasteiger partial charge >= 0.3 is 6.03 Å². The molecule has 1 aliphatic rings. The highest BCUT2D eigenvalue weighted by molar-refractivity contribution is 7.13. The van der Waals surface area contributed by atoms with Gasteiger partial charge in [0.25, 0.3) is 5.89 Å². The first-order valence-corrected chi connectivity index (χ1v) is 12.8. The Hall–Kier alpha value is -3.43. The first kappa shape index (κ1) is 22.4. The molecule has 0 spiro atoms. The Morgan fingerprint density at radius 1 is 1.12 bits per heavy atom. The van der Waals surface area contributed by atoms with Crippen molar-refractivity contribution in [1.29, 1.82) is 0 Å². The highest BCUT2D eigenvalue weighted by Crippen LogP contribution is 2.38. The van der Waals surface area contributed by atoms with Crippen LogP contribution in [0.15, 0.2) is 69.5 Å². The summed E-state index contributed by atoms with van der Waals surface area (Å²) < 4.78 is 11.3. The van der Waals surface area contributed by atoms with Crippen LogP contribution in [0.2, 0.25) is 0 Å². The van der Waals surface area contributed by atoms with Crippen molar-refractivity contribution in [2.24, 2.45) is 0 Å². The fourth-order valence-corrected chi connectivity index (χ4v) is 5.36. The molecule has 2 amide bonds. The topological polar surface area (TPSA) is 80.5 Å². The Bertz CT molecular complexity index is 1280. The van der Waals surface area contributed by atoms with Crippen LogP contribution in [0.3, 0.4) is 0 Å². The Morgan fingerprint density at radius 2 is 1.91 bits per heavy atom.